The van der Waals surface area contributed by atoms with Crippen LogP contribution in [0.15, 0.2) is 0 Å². The molecule has 0 radical (unpaired) electrons. The summed E-state index contributed by atoms with van der Waals surface area (Å²) in [6.45, 7) is 1.53. The van der Waals surface area contributed by atoms with Crippen molar-refractivity contribution in [2.24, 2.45) is 29.4 Å². The summed E-state index contributed by atoms with van der Waals surface area (Å²) in [6.07, 6.45) is 3.10. The molecule has 3 fully saturated rings. The van der Waals surface area contributed by atoms with Crippen LogP contribution in [0.1, 0.15) is 26.2 Å². The van der Waals surface area contributed by atoms with Crippen molar-refractivity contribution < 1.29 is 14.4 Å². The predicted molar refractivity (Wildman–Crippen MR) is 58.3 cm³/mol. The monoisotopic (exact) mass is 236 g/mol. The quantitative estimate of drug-likeness (QED) is 0.679. The maximum absolute atomic E-state index is 12.2. The molecular formula is C12H16N2O3. The van der Waals surface area contributed by atoms with Crippen molar-refractivity contribution >= 4 is 17.7 Å². The second-order valence-electron chi connectivity index (χ2n) is 5.51. The van der Waals surface area contributed by atoms with Gasteiger partial charge in [-0.3, -0.25) is 19.3 Å². The Morgan fingerprint density at radius 3 is 2.12 bits per heavy atom. The average Bonchev–Trinajstić information content (AvgIpc) is 2.92. The van der Waals surface area contributed by atoms with Gasteiger partial charge >= 0.3 is 0 Å². The maximum Gasteiger partial charge on any atom is 0.240 e. The number of fused-ring (bicyclic) bond motifs is 5. The van der Waals surface area contributed by atoms with Crippen molar-refractivity contribution in [1.29, 1.82) is 0 Å². The summed E-state index contributed by atoms with van der Waals surface area (Å²) in [5.41, 5.74) is 5.19. The molecule has 2 N–H and O–H groups in total. The SMILES string of the molecule is C[C@H](C(N)=O)N1C(=O)[C@@H]2[C@@H]3CC[C@@H](C3)[C@@H]2C1=O. The second kappa shape index (κ2) is 3.31. The Kier molecular flexibility index (Phi) is 2.09. The minimum absolute atomic E-state index is 0.164. The molecule has 3 aliphatic rings. The topological polar surface area (TPSA) is 80.5 Å². The molecule has 2 bridgehead atoms. The van der Waals surface area contributed by atoms with Crippen molar-refractivity contribution in [3.05, 3.63) is 0 Å². The third-order valence-corrected chi connectivity index (χ3v) is 4.76. The predicted octanol–water partition coefficient (Wildman–Crippen LogP) is -0.109. The van der Waals surface area contributed by atoms with Crippen LogP contribution >= 0.6 is 0 Å². The largest absolute Gasteiger partial charge is 0.368 e. The molecule has 2 saturated carbocycles. The van der Waals surface area contributed by atoms with Crippen molar-refractivity contribution in [2.45, 2.75) is 32.2 Å². The number of likely N-dealkylation sites (tertiary alicyclic amines) is 1. The van der Waals surface area contributed by atoms with E-state index in [-0.39, 0.29) is 23.7 Å². The van der Waals surface area contributed by atoms with Gasteiger partial charge in [0.15, 0.2) is 0 Å². The number of primary amides is 1. The molecule has 3 rings (SSSR count). The smallest absolute Gasteiger partial charge is 0.240 e. The van der Waals surface area contributed by atoms with Crippen molar-refractivity contribution in [3.8, 4) is 0 Å². The normalized spacial score (nSPS) is 40.9. The first-order chi connectivity index (χ1) is 8.02. The number of nitrogens with two attached hydrogens (primary N) is 1. The Morgan fingerprint density at radius 1 is 1.24 bits per heavy atom. The molecule has 1 aliphatic heterocycles. The fourth-order valence-electron chi connectivity index (χ4n) is 3.94. The zero-order chi connectivity index (χ0) is 12.3. The molecular weight excluding hydrogens is 220 g/mol. The molecule has 5 atom stereocenters. The maximum atomic E-state index is 12.2. The Bertz CT molecular complexity index is 392. The van der Waals surface area contributed by atoms with Crippen LogP contribution in [0.3, 0.4) is 0 Å². The fourth-order valence-corrected chi connectivity index (χ4v) is 3.94. The Labute approximate surface area is 99.3 Å². The van der Waals surface area contributed by atoms with Gasteiger partial charge in [0, 0.05) is 0 Å². The van der Waals surface area contributed by atoms with Gasteiger partial charge in [-0.05, 0) is 38.0 Å². The molecule has 2 aliphatic carbocycles. The summed E-state index contributed by atoms with van der Waals surface area (Å²) < 4.78 is 0. The second-order valence-corrected chi connectivity index (χ2v) is 5.51. The van der Waals surface area contributed by atoms with E-state index < -0.39 is 11.9 Å². The summed E-state index contributed by atoms with van der Waals surface area (Å²) in [4.78, 5) is 36.7. The van der Waals surface area contributed by atoms with Gasteiger partial charge in [-0.25, -0.2) is 0 Å². The highest BCUT2D eigenvalue weighted by molar-refractivity contribution is 6.08. The first kappa shape index (κ1) is 10.7. The van der Waals surface area contributed by atoms with Gasteiger partial charge in [-0.2, -0.15) is 0 Å². The van der Waals surface area contributed by atoms with Gasteiger partial charge in [0.2, 0.25) is 17.7 Å². The Morgan fingerprint density at radius 2 is 1.71 bits per heavy atom. The molecule has 0 unspecified atom stereocenters. The third-order valence-electron chi connectivity index (χ3n) is 4.76. The van der Waals surface area contributed by atoms with Crippen molar-refractivity contribution in [2.75, 3.05) is 0 Å². The molecule has 0 aromatic carbocycles. The lowest BCUT2D eigenvalue weighted by Gasteiger charge is -2.21. The summed E-state index contributed by atoms with van der Waals surface area (Å²) >= 11 is 0. The van der Waals surface area contributed by atoms with Gasteiger partial charge in [0.05, 0.1) is 11.8 Å². The van der Waals surface area contributed by atoms with Gasteiger partial charge in [0.1, 0.15) is 6.04 Å². The number of hydrogen-bond acceptors (Lipinski definition) is 3. The van der Waals surface area contributed by atoms with E-state index in [2.05, 4.69) is 0 Å². The fraction of sp³-hybridized carbons (Fsp3) is 0.750. The van der Waals surface area contributed by atoms with Gasteiger partial charge < -0.3 is 5.73 Å². The molecule has 92 valence electrons. The van der Waals surface area contributed by atoms with Crippen LogP contribution in [-0.2, 0) is 14.4 Å². The number of carbonyl (C=O) groups is 3. The summed E-state index contributed by atoms with van der Waals surface area (Å²) in [5, 5.41) is 0. The van der Waals surface area contributed by atoms with Gasteiger partial charge in [-0.1, -0.05) is 0 Å². The molecule has 0 aromatic rings. The highest BCUT2D eigenvalue weighted by Gasteiger charge is 2.61. The first-order valence-electron chi connectivity index (χ1n) is 6.18. The molecule has 17 heavy (non-hydrogen) atoms. The Balaban J connectivity index is 1.93. The summed E-state index contributed by atoms with van der Waals surface area (Å²) in [5.74, 6) is -0.569. The van der Waals surface area contributed by atoms with E-state index >= 15 is 0 Å². The number of hydrogen-bond donors (Lipinski definition) is 1. The van der Waals surface area contributed by atoms with Crippen LogP contribution in [0.4, 0.5) is 0 Å². The molecule has 0 aromatic heterocycles. The highest BCUT2D eigenvalue weighted by atomic mass is 16.2. The van der Waals surface area contributed by atoms with Crippen LogP contribution in [0.5, 0.6) is 0 Å². The number of rotatable bonds is 2. The minimum Gasteiger partial charge on any atom is -0.368 e. The molecule has 3 amide bonds. The molecule has 1 heterocycles. The van der Waals surface area contributed by atoms with Gasteiger partial charge in [-0.15, -0.1) is 0 Å². The lowest BCUT2D eigenvalue weighted by atomic mass is 9.81. The van der Waals surface area contributed by atoms with E-state index in [0.29, 0.717) is 11.8 Å². The van der Waals surface area contributed by atoms with Crippen molar-refractivity contribution in [1.82, 2.24) is 4.90 Å². The van der Waals surface area contributed by atoms with E-state index in [0.717, 1.165) is 24.2 Å². The van der Waals surface area contributed by atoms with Crippen LogP contribution in [0.25, 0.3) is 0 Å². The highest BCUT2D eigenvalue weighted by Crippen LogP contribution is 2.56. The van der Waals surface area contributed by atoms with Crippen molar-refractivity contribution in [3.63, 3.8) is 0 Å². The van der Waals surface area contributed by atoms with Crippen LogP contribution in [0, 0.1) is 23.7 Å². The third kappa shape index (κ3) is 1.22. The molecule has 0 spiro atoms. The zero-order valence-corrected chi connectivity index (χ0v) is 9.76. The number of imide groups is 1. The molecule has 5 heteroatoms. The lowest BCUT2D eigenvalue weighted by Crippen LogP contribution is -2.47. The number of carbonyl (C=O) groups excluding carboxylic acids is 3. The van der Waals surface area contributed by atoms with E-state index in [1.54, 1.807) is 0 Å². The zero-order valence-electron chi connectivity index (χ0n) is 9.76. The Hall–Kier alpha value is -1.39. The van der Waals surface area contributed by atoms with Crippen LogP contribution in [0.2, 0.25) is 0 Å². The van der Waals surface area contributed by atoms with Crippen LogP contribution < -0.4 is 5.73 Å². The van der Waals surface area contributed by atoms with Gasteiger partial charge in [0.25, 0.3) is 0 Å². The van der Waals surface area contributed by atoms with Crippen LogP contribution in [-0.4, -0.2) is 28.7 Å². The standard InChI is InChI=1S/C12H16N2O3/c1-5(10(13)15)14-11(16)8-6-2-3-7(4-6)9(8)12(14)17/h5-9H,2-4H2,1H3,(H2,13,15)/t5-,6-,7+,8-,9+/m1/s1. The minimum atomic E-state index is -0.806. The van der Waals surface area contributed by atoms with E-state index in [1.807, 2.05) is 0 Å². The summed E-state index contributed by atoms with van der Waals surface area (Å²) in [7, 11) is 0. The molecule has 5 nitrogen and oxygen atoms in total. The lowest BCUT2D eigenvalue weighted by molar-refractivity contribution is -0.147. The number of amides is 3. The number of nitrogens with zero attached hydrogens (tertiary/aromatic N) is 1. The first-order valence-corrected chi connectivity index (χ1v) is 6.18. The van der Waals surface area contributed by atoms with E-state index in [4.69, 9.17) is 5.73 Å². The summed E-state index contributed by atoms with van der Waals surface area (Å²) in [6, 6.07) is -0.806. The van der Waals surface area contributed by atoms with E-state index in [9.17, 15) is 14.4 Å². The molecule has 1 saturated heterocycles. The van der Waals surface area contributed by atoms with E-state index in [1.165, 1.54) is 6.92 Å². The average molecular weight is 236 g/mol.